The Morgan fingerprint density at radius 2 is 1.64 bits per heavy atom. The molecule has 0 atom stereocenters. The Hall–Kier alpha value is -2.29. The Morgan fingerprint density at radius 1 is 0.972 bits per heavy atom. The second-order valence-corrected chi connectivity index (χ2v) is 10.1. The van der Waals surface area contributed by atoms with Gasteiger partial charge in [0.1, 0.15) is 0 Å². The van der Waals surface area contributed by atoms with Gasteiger partial charge in [0.05, 0.1) is 5.56 Å². The van der Waals surface area contributed by atoms with Gasteiger partial charge in [-0.15, -0.1) is 0 Å². The quantitative estimate of drug-likeness (QED) is 0.462. The third-order valence-corrected chi connectivity index (χ3v) is 7.44. The van der Waals surface area contributed by atoms with E-state index in [0.717, 1.165) is 75.7 Å². The zero-order chi connectivity index (χ0) is 25.5. The molecule has 36 heavy (non-hydrogen) atoms. The van der Waals surface area contributed by atoms with E-state index in [1.165, 1.54) is 30.5 Å². The molecule has 196 valence electrons. The van der Waals surface area contributed by atoms with Crippen molar-refractivity contribution in [2.24, 2.45) is 0 Å². The van der Waals surface area contributed by atoms with Gasteiger partial charge in [0.15, 0.2) is 0 Å². The number of piperidine rings is 1. The van der Waals surface area contributed by atoms with Gasteiger partial charge in [0.2, 0.25) is 0 Å². The molecule has 0 aliphatic carbocycles. The van der Waals surface area contributed by atoms with E-state index in [4.69, 9.17) is 11.6 Å². The summed E-state index contributed by atoms with van der Waals surface area (Å²) in [6.07, 6.45) is 0.518. The molecule has 0 aromatic heterocycles. The van der Waals surface area contributed by atoms with E-state index < -0.39 is 11.7 Å². The van der Waals surface area contributed by atoms with Crippen LogP contribution < -0.4 is 5.32 Å². The van der Waals surface area contributed by atoms with Crippen molar-refractivity contribution in [3.8, 4) is 0 Å². The molecule has 0 bridgehead atoms. The molecule has 2 aromatic rings. The van der Waals surface area contributed by atoms with Crippen LogP contribution in [-0.2, 0) is 12.6 Å². The Labute approximate surface area is 216 Å². The number of carbonyl (C=O) groups excluding carboxylic acids is 1. The lowest BCUT2D eigenvalue weighted by atomic mass is 10.0. The highest BCUT2D eigenvalue weighted by molar-refractivity contribution is 6.30. The summed E-state index contributed by atoms with van der Waals surface area (Å²) in [6, 6.07) is 12.5. The van der Waals surface area contributed by atoms with Crippen molar-refractivity contribution in [2.75, 3.05) is 51.1 Å². The molecule has 2 fully saturated rings. The van der Waals surface area contributed by atoms with Crippen molar-refractivity contribution in [3.63, 3.8) is 0 Å². The zero-order valence-corrected chi connectivity index (χ0v) is 21.2. The van der Waals surface area contributed by atoms with Crippen molar-refractivity contribution in [1.29, 1.82) is 0 Å². The molecule has 1 N–H and O–H groups in total. The van der Waals surface area contributed by atoms with Gasteiger partial charge >= 0.3 is 12.2 Å². The number of rotatable bonds is 8. The largest absolute Gasteiger partial charge is 0.416 e. The van der Waals surface area contributed by atoms with Crippen LogP contribution in [0.3, 0.4) is 0 Å². The molecule has 5 nitrogen and oxygen atoms in total. The highest BCUT2D eigenvalue weighted by atomic mass is 35.5. The number of likely N-dealkylation sites (tertiary alicyclic amines) is 2. The number of nitrogens with one attached hydrogen (secondary N) is 1. The van der Waals surface area contributed by atoms with Crippen LogP contribution in [0.4, 0.5) is 23.7 Å². The van der Waals surface area contributed by atoms with Crippen LogP contribution in [0.25, 0.3) is 0 Å². The number of alkyl halides is 3. The van der Waals surface area contributed by atoms with Gasteiger partial charge in [-0.3, -0.25) is 0 Å². The summed E-state index contributed by atoms with van der Waals surface area (Å²) in [6.45, 7) is 6.13. The molecule has 9 heteroatoms. The van der Waals surface area contributed by atoms with Gasteiger partial charge in [-0.25, -0.2) is 4.79 Å². The van der Waals surface area contributed by atoms with Crippen LogP contribution in [0.1, 0.15) is 36.8 Å². The Kier molecular flexibility index (Phi) is 9.14. The fourth-order valence-corrected chi connectivity index (χ4v) is 5.19. The molecule has 0 saturated carbocycles. The maximum absolute atomic E-state index is 13.3. The Balaban J connectivity index is 1.36. The van der Waals surface area contributed by atoms with E-state index in [1.54, 1.807) is 0 Å². The standard InChI is InChI=1S/C27H34ClF3N4O/c28-23-8-6-21(7-9-23)10-15-34-16-11-25(12-17-34)35(19-18-33-13-1-2-14-33)26(36)32-24-5-3-4-22(20-24)27(29,30)31/h3-9,20,25H,1-2,10-19H2,(H,32,36). The first-order chi connectivity index (χ1) is 17.3. The topological polar surface area (TPSA) is 38.8 Å². The summed E-state index contributed by atoms with van der Waals surface area (Å²) in [5.74, 6) is 0. The first kappa shape index (κ1) is 26.8. The summed E-state index contributed by atoms with van der Waals surface area (Å²) in [5.41, 5.74) is 0.647. The fraction of sp³-hybridized carbons (Fsp3) is 0.519. The third-order valence-electron chi connectivity index (χ3n) is 7.19. The maximum Gasteiger partial charge on any atom is 0.416 e. The summed E-state index contributed by atoms with van der Waals surface area (Å²) in [4.78, 5) is 19.9. The van der Waals surface area contributed by atoms with Crippen LogP contribution in [0.15, 0.2) is 48.5 Å². The van der Waals surface area contributed by atoms with Gasteiger partial charge in [-0.1, -0.05) is 29.8 Å². The SMILES string of the molecule is O=C(Nc1cccc(C(F)(F)F)c1)N(CCN1CCCC1)C1CCN(CCc2ccc(Cl)cc2)CC1. The minimum atomic E-state index is -4.45. The molecule has 2 amide bonds. The molecule has 4 rings (SSSR count). The fourth-order valence-electron chi connectivity index (χ4n) is 5.07. The molecular weight excluding hydrogens is 489 g/mol. The predicted molar refractivity (Wildman–Crippen MR) is 137 cm³/mol. The molecular formula is C27H34ClF3N4O. The van der Waals surface area contributed by atoms with E-state index in [2.05, 4.69) is 15.1 Å². The second kappa shape index (κ2) is 12.3. The van der Waals surface area contributed by atoms with Crippen molar-refractivity contribution in [3.05, 3.63) is 64.7 Å². The lowest BCUT2D eigenvalue weighted by Gasteiger charge is -2.39. The van der Waals surface area contributed by atoms with Crippen molar-refractivity contribution >= 4 is 23.3 Å². The average Bonchev–Trinajstić information content (AvgIpc) is 3.38. The summed E-state index contributed by atoms with van der Waals surface area (Å²) in [5, 5.41) is 3.47. The number of carbonyl (C=O) groups is 1. The van der Waals surface area contributed by atoms with E-state index >= 15 is 0 Å². The van der Waals surface area contributed by atoms with E-state index in [1.807, 2.05) is 29.2 Å². The van der Waals surface area contributed by atoms with Crippen molar-refractivity contribution < 1.29 is 18.0 Å². The van der Waals surface area contributed by atoms with E-state index in [9.17, 15) is 18.0 Å². The summed E-state index contributed by atoms with van der Waals surface area (Å²) >= 11 is 5.98. The molecule has 2 aliphatic heterocycles. The van der Waals surface area contributed by atoms with Gasteiger partial charge in [0, 0.05) is 49.5 Å². The smallest absolute Gasteiger partial charge is 0.320 e. The molecule has 2 saturated heterocycles. The minimum Gasteiger partial charge on any atom is -0.320 e. The van der Waals surface area contributed by atoms with Crippen LogP contribution in [-0.4, -0.2) is 72.6 Å². The predicted octanol–water partition coefficient (Wildman–Crippen LogP) is 6.00. The number of hydrogen-bond donors (Lipinski definition) is 1. The molecule has 2 aromatic carbocycles. The number of halogens is 4. The van der Waals surface area contributed by atoms with Crippen molar-refractivity contribution in [2.45, 2.75) is 44.3 Å². The monoisotopic (exact) mass is 522 g/mol. The third kappa shape index (κ3) is 7.60. The summed E-state index contributed by atoms with van der Waals surface area (Å²) < 4.78 is 39.4. The number of anilines is 1. The lowest BCUT2D eigenvalue weighted by Crippen LogP contribution is -2.51. The normalized spacial score (nSPS) is 17.9. The highest BCUT2D eigenvalue weighted by Crippen LogP contribution is 2.31. The Bertz CT molecular complexity index is 987. The van der Waals surface area contributed by atoms with Crippen LogP contribution in [0, 0.1) is 0 Å². The minimum absolute atomic E-state index is 0.0604. The molecule has 0 unspecified atom stereocenters. The first-order valence-electron chi connectivity index (χ1n) is 12.7. The van der Waals surface area contributed by atoms with Crippen LogP contribution in [0.2, 0.25) is 5.02 Å². The van der Waals surface area contributed by atoms with Crippen molar-refractivity contribution in [1.82, 2.24) is 14.7 Å². The highest BCUT2D eigenvalue weighted by Gasteiger charge is 2.32. The van der Waals surface area contributed by atoms with E-state index in [-0.39, 0.29) is 17.8 Å². The first-order valence-corrected chi connectivity index (χ1v) is 13.1. The molecule has 0 radical (unpaired) electrons. The Morgan fingerprint density at radius 3 is 2.31 bits per heavy atom. The number of urea groups is 1. The van der Waals surface area contributed by atoms with Gasteiger partial charge in [-0.2, -0.15) is 13.2 Å². The van der Waals surface area contributed by atoms with Gasteiger partial charge in [0.25, 0.3) is 0 Å². The van der Waals surface area contributed by atoms with E-state index in [0.29, 0.717) is 6.54 Å². The molecule has 0 spiro atoms. The number of benzene rings is 2. The van der Waals surface area contributed by atoms with Crippen LogP contribution in [0.5, 0.6) is 0 Å². The zero-order valence-electron chi connectivity index (χ0n) is 20.4. The number of amides is 2. The van der Waals surface area contributed by atoms with Gasteiger partial charge in [-0.05, 0) is 81.1 Å². The average molecular weight is 523 g/mol. The number of hydrogen-bond acceptors (Lipinski definition) is 3. The summed E-state index contributed by atoms with van der Waals surface area (Å²) in [7, 11) is 0. The van der Waals surface area contributed by atoms with Crippen LogP contribution >= 0.6 is 11.6 Å². The van der Waals surface area contributed by atoms with Gasteiger partial charge < -0.3 is 20.0 Å². The lowest BCUT2D eigenvalue weighted by molar-refractivity contribution is -0.137. The molecule has 2 aliphatic rings. The maximum atomic E-state index is 13.3. The molecule has 2 heterocycles. The second-order valence-electron chi connectivity index (χ2n) is 9.70. The number of nitrogens with zero attached hydrogens (tertiary/aromatic N) is 3.